The number of anilines is 2. The molecule has 0 aliphatic heterocycles. The Balaban J connectivity index is 2.03. The van der Waals surface area contributed by atoms with Crippen LogP contribution in [0, 0.1) is 12.7 Å². The van der Waals surface area contributed by atoms with Gasteiger partial charge in [-0.15, -0.1) is 0 Å². The second-order valence-corrected chi connectivity index (χ2v) is 5.46. The van der Waals surface area contributed by atoms with Crippen LogP contribution < -0.4 is 10.6 Å². The number of aryl methyl sites for hydroxylation is 1. The molecule has 5 heteroatoms. The highest BCUT2D eigenvalue weighted by Gasteiger charge is 2.14. The molecule has 0 aliphatic carbocycles. The fourth-order valence-electron chi connectivity index (χ4n) is 2.06. The minimum absolute atomic E-state index is 0.0672. The molecule has 0 spiro atoms. The Hall–Kier alpha value is -2.69. The third-order valence-corrected chi connectivity index (χ3v) is 3.48. The van der Waals surface area contributed by atoms with Crippen LogP contribution in [0.2, 0.25) is 0 Å². The lowest BCUT2D eigenvalue weighted by Crippen LogP contribution is -2.31. The van der Waals surface area contributed by atoms with Crippen LogP contribution in [0.5, 0.6) is 0 Å². The molecule has 2 rings (SSSR count). The van der Waals surface area contributed by atoms with E-state index in [-0.39, 0.29) is 17.5 Å². The molecule has 2 N–H and O–H groups in total. The van der Waals surface area contributed by atoms with Gasteiger partial charge in [0.05, 0.1) is 0 Å². The zero-order valence-corrected chi connectivity index (χ0v) is 13.3. The molecule has 1 amide bonds. The minimum atomic E-state index is -0.557. The molecular weight excluding hydrogens is 295 g/mol. The molecule has 0 bridgehead atoms. The first-order valence-electron chi connectivity index (χ1n) is 7.31. The third-order valence-electron chi connectivity index (χ3n) is 3.48. The number of halogens is 1. The van der Waals surface area contributed by atoms with E-state index in [2.05, 4.69) is 10.6 Å². The summed E-state index contributed by atoms with van der Waals surface area (Å²) >= 11 is 0. The molecule has 0 fully saturated rings. The number of hydrogen-bond donors (Lipinski definition) is 2. The van der Waals surface area contributed by atoms with Crippen LogP contribution in [0.3, 0.4) is 0 Å². The molecule has 2 aromatic carbocycles. The standard InChI is InChI=1S/C18H19FN2O2/c1-11-7-8-16(10-17(11)19)20-12(2)18(23)21-15-6-4-5-14(9-15)13(3)22/h4-10,12,20H,1-3H3,(H,21,23). The number of Topliss-reactive ketones (excluding diaryl/α,β-unsaturated/α-hetero) is 1. The summed E-state index contributed by atoms with van der Waals surface area (Å²) < 4.78 is 13.5. The number of nitrogens with one attached hydrogen (secondary N) is 2. The van der Waals surface area contributed by atoms with Gasteiger partial charge in [-0.1, -0.05) is 18.2 Å². The summed E-state index contributed by atoms with van der Waals surface area (Å²) in [5.41, 5.74) is 2.16. The van der Waals surface area contributed by atoms with E-state index in [1.54, 1.807) is 50.2 Å². The Bertz CT molecular complexity index is 744. The molecule has 0 aromatic heterocycles. The lowest BCUT2D eigenvalue weighted by atomic mass is 10.1. The SMILES string of the molecule is CC(=O)c1cccc(NC(=O)C(C)Nc2ccc(C)c(F)c2)c1. The molecule has 2 aromatic rings. The Labute approximate surface area is 134 Å². The van der Waals surface area contributed by atoms with Crippen molar-refractivity contribution in [2.75, 3.05) is 10.6 Å². The van der Waals surface area contributed by atoms with Crippen LogP contribution >= 0.6 is 0 Å². The summed E-state index contributed by atoms with van der Waals surface area (Å²) in [6.07, 6.45) is 0. The van der Waals surface area contributed by atoms with Crippen LogP contribution in [-0.2, 0) is 4.79 Å². The highest BCUT2D eigenvalue weighted by atomic mass is 19.1. The molecule has 4 nitrogen and oxygen atoms in total. The smallest absolute Gasteiger partial charge is 0.246 e. The zero-order chi connectivity index (χ0) is 17.0. The van der Waals surface area contributed by atoms with E-state index in [1.807, 2.05) is 0 Å². The fraction of sp³-hybridized carbons (Fsp3) is 0.222. The van der Waals surface area contributed by atoms with Gasteiger partial charge in [-0.3, -0.25) is 9.59 Å². The quantitative estimate of drug-likeness (QED) is 0.826. The first-order chi connectivity index (χ1) is 10.9. The van der Waals surface area contributed by atoms with Crippen LogP contribution in [0.1, 0.15) is 29.8 Å². The van der Waals surface area contributed by atoms with Gasteiger partial charge in [-0.05, 0) is 50.6 Å². The molecule has 0 aliphatic rings. The normalized spacial score (nSPS) is 11.7. The molecule has 23 heavy (non-hydrogen) atoms. The second kappa shape index (κ2) is 7.05. The Morgan fingerprint density at radius 3 is 2.48 bits per heavy atom. The van der Waals surface area contributed by atoms with Crippen LogP contribution in [0.25, 0.3) is 0 Å². The average molecular weight is 314 g/mol. The third kappa shape index (κ3) is 4.39. The summed E-state index contributed by atoms with van der Waals surface area (Å²) in [4.78, 5) is 23.6. The van der Waals surface area contributed by atoms with Crippen molar-refractivity contribution in [3.63, 3.8) is 0 Å². The summed E-state index contributed by atoms with van der Waals surface area (Å²) in [5.74, 6) is -0.661. The maximum Gasteiger partial charge on any atom is 0.246 e. The van der Waals surface area contributed by atoms with E-state index in [0.717, 1.165) is 0 Å². The van der Waals surface area contributed by atoms with Crippen molar-refractivity contribution in [3.8, 4) is 0 Å². The van der Waals surface area contributed by atoms with E-state index in [0.29, 0.717) is 22.5 Å². The van der Waals surface area contributed by atoms with Crippen molar-refractivity contribution >= 4 is 23.1 Å². The van der Waals surface area contributed by atoms with E-state index >= 15 is 0 Å². The summed E-state index contributed by atoms with van der Waals surface area (Å²) in [6, 6.07) is 10.9. The monoisotopic (exact) mass is 314 g/mol. The van der Waals surface area contributed by atoms with Gasteiger partial charge in [0.1, 0.15) is 11.9 Å². The van der Waals surface area contributed by atoms with Crippen molar-refractivity contribution < 1.29 is 14.0 Å². The van der Waals surface area contributed by atoms with Gasteiger partial charge < -0.3 is 10.6 Å². The van der Waals surface area contributed by atoms with Crippen molar-refractivity contribution in [3.05, 3.63) is 59.4 Å². The van der Waals surface area contributed by atoms with Crippen molar-refractivity contribution in [1.29, 1.82) is 0 Å². The molecule has 1 atom stereocenters. The van der Waals surface area contributed by atoms with Gasteiger partial charge in [0.2, 0.25) is 5.91 Å². The van der Waals surface area contributed by atoms with Gasteiger partial charge in [-0.25, -0.2) is 4.39 Å². The maximum absolute atomic E-state index is 13.5. The Morgan fingerprint density at radius 2 is 1.83 bits per heavy atom. The lowest BCUT2D eigenvalue weighted by molar-refractivity contribution is -0.116. The van der Waals surface area contributed by atoms with Crippen molar-refractivity contribution in [2.24, 2.45) is 0 Å². The maximum atomic E-state index is 13.5. The first kappa shape index (κ1) is 16.7. The van der Waals surface area contributed by atoms with E-state index in [1.165, 1.54) is 13.0 Å². The van der Waals surface area contributed by atoms with E-state index < -0.39 is 6.04 Å². The van der Waals surface area contributed by atoms with Gasteiger partial charge in [0.15, 0.2) is 5.78 Å². The molecular formula is C18H19FN2O2. The number of carbonyl (C=O) groups is 2. The van der Waals surface area contributed by atoms with Crippen molar-refractivity contribution in [1.82, 2.24) is 0 Å². The molecule has 120 valence electrons. The largest absolute Gasteiger partial charge is 0.374 e. The highest BCUT2D eigenvalue weighted by Crippen LogP contribution is 2.16. The Morgan fingerprint density at radius 1 is 1.09 bits per heavy atom. The van der Waals surface area contributed by atoms with Gasteiger partial charge >= 0.3 is 0 Å². The average Bonchev–Trinajstić information content (AvgIpc) is 2.51. The Kier molecular flexibility index (Phi) is 5.11. The number of hydrogen-bond acceptors (Lipinski definition) is 3. The summed E-state index contributed by atoms with van der Waals surface area (Å²) in [6.45, 7) is 4.83. The fourth-order valence-corrected chi connectivity index (χ4v) is 2.06. The number of benzene rings is 2. The van der Waals surface area contributed by atoms with Crippen LogP contribution in [0.15, 0.2) is 42.5 Å². The van der Waals surface area contributed by atoms with E-state index in [9.17, 15) is 14.0 Å². The van der Waals surface area contributed by atoms with Crippen LogP contribution in [-0.4, -0.2) is 17.7 Å². The highest BCUT2D eigenvalue weighted by molar-refractivity contribution is 5.99. The van der Waals surface area contributed by atoms with Gasteiger partial charge in [0.25, 0.3) is 0 Å². The predicted molar refractivity (Wildman–Crippen MR) is 89.3 cm³/mol. The molecule has 0 radical (unpaired) electrons. The molecule has 0 saturated carbocycles. The minimum Gasteiger partial charge on any atom is -0.374 e. The van der Waals surface area contributed by atoms with Gasteiger partial charge in [0, 0.05) is 16.9 Å². The predicted octanol–water partition coefficient (Wildman–Crippen LogP) is 3.78. The number of carbonyl (C=O) groups excluding carboxylic acids is 2. The molecule has 0 heterocycles. The first-order valence-corrected chi connectivity index (χ1v) is 7.31. The molecule has 1 unspecified atom stereocenters. The summed E-state index contributed by atoms with van der Waals surface area (Å²) in [7, 11) is 0. The lowest BCUT2D eigenvalue weighted by Gasteiger charge is -2.16. The zero-order valence-electron chi connectivity index (χ0n) is 13.3. The van der Waals surface area contributed by atoms with Crippen LogP contribution in [0.4, 0.5) is 15.8 Å². The second-order valence-electron chi connectivity index (χ2n) is 5.46. The van der Waals surface area contributed by atoms with Gasteiger partial charge in [-0.2, -0.15) is 0 Å². The number of ketones is 1. The molecule has 0 saturated heterocycles. The van der Waals surface area contributed by atoms with Crippen molar-refractivity contribution in [2.45, 2.75) is 26.8 Å². The summed E-state index contributed by atoms with van der Waals surface area (Å²) in [5, 5.41) is 5.68. The number of amides is 1. The van der Waals surface area contributed by atoms with E-state index in [4.69, 9.17) is 0 Å². The number of rotatable bonds is 5. The topological polar surface area (TPSA) is 58.2 Å².